The van der Waals surface area contributed by atoms with Crippen LogP contribution in [0.4, 0.5) is 0 Å². The standard InChI is InChI=1S/C18H28ClNO3.C17H27ClN2O3.C17H24ClNO3.C14H20ClNO2.8U.4V/c1-13(11-20-8-4-5-9-20)17(21)14-6-7-16(15(19)10-14)23-12-18(2,3)22;1-17(2,22)11-23-15-6-5-12(9-13(15)18)16(21)14(19)10-20-7-3-4-8-20;1-12(10-19-7-3-4-8-19)17(21)14-5-6-16(15(18)9-14)22-11-13(2)20;1-10(9-16-6-2-3-7-16)14(18)11-4-5-13(17)12(15)8-11;;;;;;;;;;;;/h6-7,10,13,17,21-22H,4-5,8-9,11-12H2,1-3H3;5-6,9,14,16,21-22H,3-4,7-8,10-11,19H2,1-2H3;5-6,9,12,17,21H,3-4,7-8,10-11H2,1-2H3;4-5,8,10,14,17-18H,2-3,6-7,9H2,1H3;;;;;;;;;;;;/t13-,17?;14-,16?;12-,17?;10-,14?;;;;;;;;;;;;/m1111............/s1. The van der Waals surface area contributed by atoms with E-state index in [1.54, 1.807) is 82.3 Å². The van der Waals surface area contributed by atoms with Crippen LogP contribution >= 0.6 is 46.4 Å². The van der Waals surface area contributed by atoms with Crippen molar-refractivity contribution in [1.29, 1.82) is 0 Å². The van der Waals surface area contributed by atoms with Crippen LogP contribution in [0, 0.1) is 267 Å². The molecule has 0 spiro atoms. The van der Waals surface area contributed by atoms with Crippen molar-refractivity contribution < 1.29 is 378 Å². The number of aromatic hydroxyl groups is 1. The number of aliphatic hydroxyl groups excluding tert-OH is 4. The van der Waals surface area contributed by atoms with Crippen LogP contribution in [0.3, 0.4) is 0 Å². The van der Waals surface area contributed by atoms with Crippen LogP contribution in [0.2, 0.25) is 20.1 Å². The van der Waals surface area contributed by atoms with Gasteiger partial charge in [0, 0.05) is 355 Å². The van der Waals surface area contributed by atoms with Gasteiger partial charge in [-0.3, -0.25) is 4.79 Å². The van der Waals surface area contributed by atoms with Crippen molar-refractivity contribution in [3.8, 4) is 23.0 Å². The number of nitrogens with zero attached hydrogens (tertiary/aromatic N) is 4. The molecule has 8 atom stereocenters. The minimum Gasteiger partial charge on any atom is -0.506 e. The summed E-state index contributed by atoms with van der Waals surface area (Å²) in [4.78, 5) is 20.4. The zero-order valence-corrected chi connectivity index (χ0v) is 99.7. The largest absolute Gasteiger partial charge is 0.506 e. The zero-order valence-electron chi connectivity index (χ0n) is 57.7. The van der Waals surface area contributed by atoms with E-state index in [4.69, 9.17) is 66.3 Å². The van der Waals surface area contributed by atoms with Crippen LogP contribution in [-0.2, 0) is 79.0 Å². The van der Waals surface area contributed by atoms with Gasteiger partial charge in [0.2, 0.25) is 0 Å². The molecule has 9 N–H and O–H groups in total. The number of Topliss-reactive ketones (excluding diaryl/α,β-unsaturated/α-hetero) is 1. The van der Waals surface area contributed by atoms with Gasteiger partial charge in [-0.25, -0.2) is 0 Å². The number of benzene rings is 4. The Balaban J connectivity index is -0.000000177. The third kappa shape index (κ3) is 46.5. The van der Waals surface area contributed by atoms with Crippen LogP contribution in [0.5, 0.6) is 23.0 Å². The molecule has 0 amide bonds. The minimum atomic E-state index is -0.931. The van der Waals surface area contributed by atoms with E-state index < -0.39 is 35.6 Å². The molecule has 4 aliphatic heterocycles. The number of ketones is 1. The topological polar surface area (TPSA) is 225 Å². The average molecular weight is 3390 g/mol. The maximum Gasteiger partial charge on any atom is 0.167 e. The summed E-state index contributed by atoms with van der Waals surface area (Å²) in [6, 6.07) is 20.3. The maximum absolute atomic E-state index is 10.9. The predicted octanol–water partition coefficient (Wildman–Crippen LogP) is 11.1. The molecule has 4 unspecified atom stereocenters. The molecule has 0 aromatic heterocycles. The van der Waals surface area contributed by atoms with E-state index in [1.165, 1.54) is 64.4 Å². The van der Waals surface area contributed by atoms with Gasteiger partial charge >= 0.3 is 0 Å². The first kappa shape index (κ1) is 121. The van der Waals surface area contributed by atoms with E-state index in [9.17, 15) is 40.5 Å². The van der Waals surface area contributed by atoms with Crippen LogP contribution in [0.1, 0.15) is 153 Å². The van der Waals surface area contributed by atoms with E-state index in [2.05, 4.69) is 33.4 Å². The summed E-state index contributed by atoms with van der Waals surface area (Å²) in [5, 5.41) is 72.1. The molecule has 8 rings (SSSR count). The van der Waals surface area contributed by atoms with Gasteiger partial charge in [-0.1, -0.05) is 91.4 Å². The molecule has 0 saturated carbocycles. The summed E-state index contributed by atoms with van der Waals surface area (Å²) in [5.74, 6) is 1.92. The number of phenols is 1. The predicted molar refractivity (Wildman–Crippen MR) is 345 cm³/mol. The average Bonchev–Trinajstić information content (AvgIpc) is 1.55. The molecular formula is C66H99Cl4N5O11U8V4. The molecule has 4 saturated heterocycles. The first-order valence-electron chi connectivity index (χ1n) is 30.6. The Labute approximate surface area is 843 Å². The fraction of sp³-hybridized carbons (Fsp3) is 0.621. The summed E-state index contributed by atoms with van der Waals surface area (Å²) >= 11 is 24.5. The Morgan fingerprint density at radius 1 is 0.439 bits per heavy atom. The Hall–Kier alpha value is 7.22. The molecule has 534 valence electrons. The van der Waals surface area contributed by atoms with Crippen molar-refractivity contribution in [2.75, 3.05) is 98.4 Å². The number of halogens is 4. The third-order valence-corrected chi connectivity index (χ3v) is 16.9. The smallest absolute Gasteiger partial charge is 0.167 e. The van der Waals surface area contributed by atoms with E-state index >= 15 is 0 Å². The molecule has 32 heteroatoms. The van der Waals surface area contributed by atoms with E-state index in [0.717, 1.165) is 88.7 Å². The molecular weight excluding hydrogens is 3290 g/mol. The summed E-state index contributed by atoms with van der Waals surface area (Å²) in [5.41, 5.74) is 7.33. The number of hydrogen-bond acceptors (Lipinski definition) is 16. The van der Waals surface area contributed by atoms with Crippen LogP contribution in [-0.4, -0.2) is 177 Å². The quantitative estimate of drug-likeness (QED) is 0.0309. The second kappa shape index (κ2) is 63.5. The Morgan fingerprint density at radius 2 is 0.684 bits per heavy atom. The third-order valence-electron chi connectivity index (χ3n) is 15.7. The van der Waals surface area contributed by atoms with Gasteiger partial charge in [0.1, 0.15) is 42.8 Å². The molecule has 4 aliphatic rings. The monoisotopic (exact) mass is 3390 g/mol. The van der Waals surface area contributed by atoms with E-state index in [1.807, 2.05) is 19.1 Å². The fourth-order valence-electron chi connectivity index (χ4n) is 10.9. The van der Waals surface area contributed by atoms with Gasteiger partial charge in [0.05, 0.1) is 55.7 Å². The fourth-order valence-corrected chi connectivity index (χ4v) is 11.8. The number of ether oxygens (including phenoxy) is 3. The van der Waals surface area contributed by atoms with Crippen molar-refractivity contribution >= 4 is 52.2 Å². The summed E-state index contributed by atoms with van der Waals surface area (Å²) in [6.45, 7) is 26.8. The van der Waals surface area contributed by atoms with Gasteiger partial charge in [-0.05, 0) is 227 Å². The van der Waals surface area contributed by atoms with Crippen LogP contribution < -0.4 is 19.9 Å². The van der Waals surface area contributed by atoms with Crippen molar-refractivity contribution in [3.63, 3.8) is 0 Å². The van der Waals surface area contributed by atoms with Crippen LogP contribution in [0.15, 0.2) is 72.8 Å². The first-order valence-corrected chi connectivity index (χ1v) is 32.1. The number of carbonyl (C=O) groups is 1. The van der Waals surface area contributed by atoms with Crippen molar-refractivity contribution in [3.05, 3.63) is 115 Å². The summed E-state index contributed by atoms with van der Waals surface area (Å²) in [7, 11) is 0. The molecule has 4 aromatic carbocycles. The molecule has 98 heavy (non-hydrogen) atoms. The second-order valence-electron chi connectivity index (χ2n) is 25.4. The Morgan fingerprint density at radius 3 is 0.939 bits per heavy atom. The maximum atomic E-state index is 10.9. The zero-order chi connectivity index (χ0) is 63.3. The van der Waals surface area contributed by atoms with Crippen molar-refractivity contribution in [1.82, 2.24) is 19.6 Å². The van der Waals surface area contributed by atoms with Gasteiger partial charge in [0.15, 0.2) is 5.78 Å². The molecule has 4 radical (unpaired) electrons. The van der Waals surface area contributed by atoms with Crippen LogP contribution in [0.25, 0.3) is 0 Å². The summed E-state index contributed by atoms with van der Waals surface area (Å²) in [6.07, 6.45) is 7.50. The SMILES string of the molecule is CC(=O)COc1ccc(C(O)[C@H](C)CN2CCCC2)cc1Cl.CC(C)(O)COc1ccc(C(O)[C@H](N)CN2CCCC2)cc1Cl.C[C@H](CN1CCCC1)C(O)c1ccc(O)c(Cl)c1.C[C@H](CN1CCCC1)C(O)c1ccc(OCC(C)(C)O)c(Cl)c1.[U].[U].[U].[U].[U].[U].[U].[U].[V].[V].[V].[V]. The minimum absolute atomic E-state index is 0. The molecule has 0 bridgehead atoms. The molecule has 4 heterocycles. The van der Waals surface area contributed by atoms with E-state index in [-0.39, 0.29) is 378 Å². The second-order valence-corrected chi connectivity index (χ2v) is 27.0. The number of rotatable bonds is 25. The number of nitrogens with two attached hydrogens (primary N) is 1. The van der Waals surface area contributed by atoms with Crippen molar-refractivity contribution in [2.24, 2.45) is 23.5 Å². The Bertz CT molecular complexity index is 2630. The first-order chi connectivity index (χ1) is 40.6. The molecule has 16 nitrogen and oxygen atoms in total. The van der Waals surface area contributed by atoms with Crippen molar-refractivity contribution in [2.45, 2.75) is 148 Å². The normalized spacial score (nSPS) is 16.6. The van der Waals surface area contributed by atoms with Gasteiger partial charge in [-0.15, -0.1) is 0 Å². The molecule has 0 aliphatic carbocycles. The van der Waals surface area contributed by atoms with Gasteiger partial charge in [0.25, 0.3) is 0 Å². The van der Waals surface area contributed by atoms with Gasteiger partial charge in [-0.2, -0.15) is 0 Å². The number of hydrogen-bond donors (Lipinski definition) is 8. The molecule has 4 aromatic rings. The Kier molecular flexibility index (Phi) is 78.4. The van der Waals surface area contributed by atoms with E-state index in [0.29, 0.717) is 49.4 Å². The number of carbonyl (C=O) groups excluding carboxylic acids is 1. The molecule has 4 fully saturated rings. The number of aliphatic hydroxyl groups is 6. The number of likely N-dealkylation sites (tertiary alicyclic amines) is 4. The van der Waals surface area contributed by atoms with Gasteiger partial charge < -0.3 is 75.3 Å². The summed E-state index contributed by atoms with van der Waals surface area (Å²) < 4.78 is 16.4. The number of phenolic OH excluding ortho intramolecular Hbond substituents is 1.